The predicted octanol–water partition coefficient (Wildman–Crippen LogP) is 2.21. The average molecular weight is 309 g/mol. The molecular formula is C17H24FNO3. The highest BCUT2D eigenvalue weighted by Crippen LogP contribution is 2.35. The van der Waals surface area contributed by atoms with Crippen LogP contribution >= 0.6 is 0 Å². The second kappa shape index (κ2) is 6.94. The molecule has 1 spiro atoms. The lowest BCUT2D eigenvalue weighted by Gasteiger charge is -2.46. The molecule has 0 saturated carbocycles. The first-order valence-corrected chi connectivity index (χ1v) is 8.11. The van der Waals surface area contributed by atoms with Crippen LogP contribution in [0.4, 0.5) is 4.39 Å². The highest BCUT2D eigenvalue weighted by Gasteiger charge is 2.43. The van der Waals surface area contributed by atoms with Crippen molar-refractivity contribution in [2.24, 2.45) is 0 Å². The van der Waals surface area contributed by atoms with Gasteiger partial charge in [0, 0.05) is 26.2 Å². The lowest BCUT2D eigenvalue weighted by Crippen LogP contribution is -2.55. The number of ether oxygens (including phenoxy) is 2. The largest absolute Gasteiger partial charge is 0.492 e. The zero-order valence-electron chi connectivity index (χ0n) is 12.8. The van der Waals surface area contributed by atoms with E-state index in [4.69, 9.17) is 9.47 Å². The molecular weight excluding hydrogens is 285 g/mol. The Morgan fingerprint density at radius 2 is 2.00 bits per heavy atom. The first kappa shape index (κ1) is 15.7. The third-order valence-electron chi connectivity index (χ3n) is 4.81. The Bertz CT molecular complexity index is 471. The number of piperidine rings is 1. The van der Waals surface area contributed by atoms with Crippen LogP contribution in [-0.4, -0.2) is 54.6 Å². The van der Waals surface area contributed by atoms with Gasteiger partial charge in [0.15, 0.2) is 0 Å². The molecule has 0 amide bonds. The summed E-state index contributed by atoms with van der Waals surface area (Å²) in [5, 5.41) is 10.2. The van der Waals surface area contributed by atoms with Crippen LogP contribution < -0.4 is 4.74 Å². The van der Waals surface area contributed by atoms with Gasteiger partial charge < -0.3 is 14.6 Å². The summed E-state index contributed by atoms with van der Waals surface area (Å²) in [5.74, 6) is 0.445. The van der Waals surface area contributed by atoms with Crippen LogP contribution in [0.1, 0.15) is 25.7 Å². The summed E-state index contributed by atoms with van der Waals surface area (Å²) in [6.45, 7) is 4.03. The van der Waals surface area contributed by atoms with E-state index in [0.29, 0.717) is 12.4 Å². The van der Waals surface area contributed by atoms with Gasteiger partial charge in [0.25, 0.3) is 0 Å². The standard InChI is InChI=1S/C17H24FNO3/c18-14-3-5-15(6-4-14)21-13-11-19-9-7-17(8-10-19)16(20)2-1-12-22-17/h3-6,16,20H,1-2,7-13H2/t16-/m0/s1. The van der Waals surface area contributed by atoms with E-state index >= 15 is 0 Å². The van der Waals surface area contributed by atoms with Crippen LogP contribution in [0.5, 0.6) is 5.75 Å². The summed E-state index contributed by atoms with van der Waals surface area (Å²) in [7, 11) is 0. The van der Waals surface area contributed by atoms with Crippen molar-refractivity contribution < 1.29 is 19.0 Å². The van der Waals surface area contributed by atoms with Crippen LogP contribution in [0, 0.1) is 5.82 Å². The summed E-state index contributed by atoms with van der Waals surface area (Å²) in [6.07, 6.45) is 3.25. The molecule has 0 bridgehead atoms. The van der Waals surface area contributed by atoms with Crippen molar-refractivity contribution in [1.29, 1.82) is 0 Å². The van der Waals surface area contributed by atoms with Gasteiger partial charge in [-0.2, -0.15) is 0 Å². The van der Waals surface area contributed by atoms with E-state index in [1.54, 1.807) is 12.1 Å². The molecule has 2 aliphatic heterocycles. The SMILES string of the molecule is O[C@H]1CCCOC12CCN(CCOc1ccc(F)cc1)CC2. The molecule has 2 heterocycles. The highest BCUT2D eigenvalue weighted by atomic mass is 19.1. The monoisotopic (exact) mass is 309 g/mol. The molecule has 2 saturated heterocycles. The first-order chi connectivity index (χ1) is 10.7. The van der Waals surface area contributed by atoms with Gasteiger partial charge in [0.2, 0.25) is 0 Å². The second-order valence-corrected chi connectivity index (χ2v) is 6.22. The van der Waals surface area contributed by atoms with E-state index in [1.165, 1.54) is 12.1 Å². The van der Waals surface area contributed by atoms with E-state index in [1.807, 2.05) is 0 Å². The quantitative estimate of drug-likeness (QED) is 0.926. The maximum atomic E-state index is 12.8. The lowest BCUT2D eigenvalue weighted by molar-refractivity contribution is -0.177. The van der Waals surface area contributed by atoms with Crippen LogP contribution in [0.15, 0.2) is 24.3 Å². The molecule has 5 heteroatoms. The number of hydrogen-bond donors (Lipinski definition) is 1. The predicted molar refractivity (Wildman–Crippen MR) is 81.5 cm³/mol. The number of aliphatic hydroxyl groups excluding tert-OH is 1. The van der Waals surface area contributed by atoms with Gasteiger partial charge in [-0.15, -0.1) is 0 Å². The summed E-state index contributed by atoms with van der Waals surface area (Å²) < 4.78 is 24.4. The van der Waals surface area contributed by atoms with Crippen molar-refractivity contribution in [2.75, 3.05) is 32.8 Å². The van der Waals surface area contributed by atoms with Gasteiger partial charge in [-0.05, 0) is 49.9 Å². The molecule has 2 aliphatic rings. The molecule has 122 valence electrons. The lowest BCUT2D eigenvalue weighted by atomic mass is 9.82. The Morgan fingerprint density at radius 1 is 1.27 bits per heavy atom. The molecule has 2 fully saturated rings. The van der Waals surface area contributed by atoms with Crippen LogP contribution in [0.2, 0.25) is 0 Å². The maximum absolute atomic E-state index is 12.8. The Kier molecular flexibility index (Phi) is 4.96. The Morgan fingerprint density at radius 3 is 2.68 bits per heavy atom. The highest BCUT2D eigenvalue weighted by molar-refractivity contribution is 5.21. The molecule has 0 unspecified atom stereocenters. The fourth-order valence-corrected chi connectivity index (χ4v) is 3.37. The number of hydrogen-bond acceptors (Lipinski definition) is 4. The summed E-state index contributed by atoms with van der Waals surface area (Å²) in [6, 6.07) is 6.10. The molecule has 4 nitrogen and oxygen atoms in total. The summed E-state index contributed by atoms with van der Waals surface area (Å²) in [4.78, 5) is 2.33. The van der Waals surface area contributed by atoms with Gasteiger partial charge in [0.05, 0.1) is 11.7 Å². The topological polar surface area (TPSA) is 41.9 Å². The van der Waals surface area contributed by atoms with Crippen molar-refractivity contribution in [2.45, 2.75) is 37.4 Å². The normalized spacial score (nSPS) is 25.3. The smallest absolute Gasteiger partial charge is 0.123 e. The van der Waals surface area contributed by atoms with E-state index in [0.717, 1.165) is 51.9 Å². The number of benzene rings is 1. The van der Waals surface area contributed by atoms with Gasteiger partial charge >= 0.3 is 0 Å². The van der Waals surface area contributed by atoms with E-state index in [2.05, 4.69) is 4.90 Å². The molecule has 1 atom stereocenters. The zero-order valence-corrected chi connectivity index (χ0v) is 12.8. The van der Waals surface area contributed by atoms with E-state index in [9.17, 15) is 9.50 Å². The number of aliphatic hydroxyl groups is 1. The number of nitrogens with zero attached hydrogens (tertiary/aromatic N) is 1. The second-order valence-electron chi connectivity index (χ2n) is 6.22. The average Bonchev–Trinajstić information content (AvgIpc) is 2.54. The molecule has 22 heavy (non-hydrogen) atoms. The molecule has 0 aliphatic carbocycles. The Hall–Kier alpha value is -1.17. The maximum Gasteiger partial charge on any atom is 0.123 e. The van der Waals surface area contributed by atoms with Crippen molar-refractivity contribution in [3.8, 4) is 5.75 Å². The number of halogens is 1. The van der Waals surface area contributed by atoms with E-state index < -0.39 is 0 Å². The molecule has 1 aromatic carbocycles. The zero-order chi connectivity index (χ0) is 15.4. The molecule has 3 rings (SSSR count). The van der Waals surface area contributed by atoms with Gasteiger partial charge in [-0.25, -0.2) is 4.39 Å². The first-order valence-electron chi connectivity index (χ1n) is 8.11. The van der Waals surface area contributed by atoms with Crippen LogP contribution in [0.25, 0.3) is 0 Å². The van der Waals surface area contributed by atoms with Crippen molar-refractivity contribution >= 4 is 0 Å². The third kappa shape index (κ3) is 3.59. The minimum Gasteiger partial charge on any atom is -0.492 e. The number of rotatable bonds is 4. The summed E-state index contributed by atoms with van der Waals surface area (Å²) >= 11 is 0. The Labute approximate surface area is 130 Å². The third-order valence-corrected chi connectivity index (χ3v) is 4.81. The van der Waals surface area contributed by atoms with Crippen LogP contribution in [-0.2, 0) is 4.74 Å². The summed E-state index contributed by atoms with van der Waals surface area (Å²) in [5.41, 5.74) is -0.313. The van der Waals surface area contributed by atoms with Gasteiger partial charge in [0.1, 0.15) is 18.2 Å². The van der Waals surface area contributed by atoms with E-state index in [-0.39, 0.29) is 17.5 Å². The fourth-order valence-electron chi connectivity index (χ4n) is 3.37. The van der Waals surface area contributed by atoms with Crippen molar-refractivity contribution in [3.05, 3.63) is 30.1 Å². The van der Waals surface area contributed by atoms with Gasteiger partial charge in [-0.3, -0.25) is 4.90 Å². The molecule has 0 radical (unpaired) electrons. The van der Waals surface area contributed by atoms with Crippen molar-refractivity contribution in [3.63, 3.8) is 0 Å². The Balaban J connectivity index is 1.41. The molecule has 1 aromatic rings. The minimum atomic E-state index is -0.320. The molecule has 1 N–H and O–H groups in total. The minimum absolute atomic E-state index is 0.250. The number of likely N-dealkylation sites (tertiary alicyclic amines) is 1. The molecule has 0 aromatic heterocycles. The fraction of sp³-hybridized carbons (Fsp3) is 0.647. The van der Waals surface area contributed by atoms with Crippen LogP contribution in [0.3, 0.4) is 0 Å². The van der Waals surface area contributed by atoms with Crippen molar-refractivity contribution in [1.82, 2.24) is 4.90 Å². The van der Waals surface area contributed by atoms with Gasteiger partial charge in [-0.1, -0.05) is 0 Å².